The minimum absolute atomic E-state index is 0.0180. The van der Waals surface area contributed by atoms with E-state index in [0.29, 0.717) is 12.4 Å². The molecular weight excluding hydrogens is 366 g/mol. The molecule has 0 atom stereocenters. The number of carbonyl (C=O) groups excluding carboxylic acids is 2. The van der Waals surface area contributed by atoms with Crippen LogP contribution in [0.4, 0.5) is 11.4 Å². The number of hydrogen-bond donors (Lipinski definition) is 0. The second-order valence-electron chi connectivity index (χ2n) is 6.91. The van der Waals surface area contributed by atoms with Gasteiger partial charge in [0, 0.05) is 40.2 Å². The molecule has 7 heteroatoms. The van der Waals surface area contributed by atoms with Crippen LogP contribution in [0.2, 0.25) is 0 Å². The number of anilines is 2. The number of ketones is 1. The number of para-hydroxylation sites is 2. The van der Waals surface area contributed by atoms with Crippen molar-refractivity contribution in [2.45, 2.75) is 19.4 Å². The smallest absolute Gasteiger partial charge is 0.223 e. The number of benzene rings is 1. The summed E-state index contributed by atoms with van der Waals surface area (Å²) in [7, 11) is 5.34. The summed E-state index contributed by atoms with van der Waals surface area (Å²) in [5.41, 5.74) is 2.70. The van der Waals surface area contributed by atoms with E-state index in [0.717, 1.165) is 17.1 Å². The molecule has 0 N–H and O–H groups in total. The maximum Gasteiger partial charge on any atom is 0.223 e. The van der Waals surface area contributed by atoms with E-state index in [9.17, 15) is 14.9 Å². The number of carbonyl (C=O) groups is 2. The molecule has 29 heavy (non-hydrogen) atoms. The first-order valence-electron chi connectivity index (χ1n) is 9.32. The summed E-state index contributed by atoms with van der Waals surface area (Å²) in [6.07, 6.45) is 1.70. The molecule has 1 aliphatic heterocycles. The molecule has 148 valence electrons. The zero-order chi connectivity index (χ0) is 21.0. The van der Waals surface area contributed by atoms with E-state index in [1.807, 2.05) is 72.4 Å². The van der Waals surface area contributed by atoms with Crippen LogP contribution in [0.1, 0.15) is 18.5 Å². The highest BCUT2D eigenvalue weighted by Gasteiger charge is 2.31. The summed E-state index contributed by atoms with van der Waals surface area (Å²) >= 11 is 0. The van der Waals surface area contributed by atoms with Crippen molar-refractivity contribution >= 4 is 23.1 Å². The molecule has 1 aromatic heterocycles. The average Bonchev–Trinajstić information content (AvgIpc) is 2.99. The molecule has 1 aromatic carbocycles. The lowest BCUT2D eigenvalue weighted by Crippen LogP contribution is -2.28. The Morgan fingerprint density at radius 2 is 1.66 bits per heavy atom. The average molecular weight is 389 g/mol. The van der Waals surface area contributed by atoms with Gasteiger partial charge in [-0.25, -0.2) is 0 Å². The third kappa shape index (κ3) is 4.11. The first-order valence-corrected chi connectivity index (χ1v) is 9.32. The largest absolute Gasteiger partial charge is 0.340 e. The van der Waals surface area contributed by atoms with Crippen LogP contribution in [-0.4, -0.2) is 42.7 Å². The number of rotatable bonds is 6. The monoisotopic (exact) mass is 389 g/mol. The fourth-order valence-electron chi connectivity index (χ4n) is 3.42. The second kappa shape index (κ2) is 8.57. The van der Waals surface area contributed by atoms with Crippen molar-refractivity contribution < 1.29 is 9.59 Å². The van der Waals surface area contributed by atoms with Gasteiger partial charge in [0.2, 0.25) is 5.91 Å². The zero-order valence-electron chi connectivity index (χ0n) is 16.8. The third-order valence-electron chi connectivity index (χ3n) is 4.97. The first kappa shape index (κ1) is 20.1. The van der Waals surface area contributed by atoms with Gasteiger partial charge in [0.05, 0.1) is 23.6 Å². The van der Waals surface area contributed by atoms with Crippen molar-refractivity contribution in [1.82, 2.24) is 9.88 Å². The van der Waals surface area contributed by atoms with Crippen LogP contribution in [0.5, 0.6) is 0 Å². The minimum atomic E-state index is -0.339. The summed E-state index contributed by atoms with van der Waals surface area (Å²) in [6.45, 7) is 0.376. The maximum absolute atomic E-state index is 12.8. The number of nitriles is 1. The van der Waals surface area contributed by atoms with Gasteiger partial charge < -0.3 is 14.7 Å². The molecule has 1 aliphatic rings. The Kier molecular flexibility index (Phi) is 5.93. The Hall–Kier alpha value is -3.66. The maximum atomic E-state index is 12.8. The van der Waals surface area contributed by atoms with E-state index in [1.165, 1.54) is 0 Å². The molecule has 0 saturated carbocycles. The van der Waals surface area contributed by atoms with E-state index >= 15 is 0 Å². The summed E-state index contributed by atoms with van der Waals surface area (Å²) in [5.74, 6) is 0.0318. The number of aromatic nitrogens is 1. The third-order valence-corrected chi connectivity index (χ3v) is 4.97. The van der Waals surface area contributed by atoms with Gasteiger partial charge in [0.1, 0.15) is 17.5 Å². The fraction of sp³-hybridized carbons (Fsp3) is 0.273. The van der Waals surface area contributed by atoms with Gasteiger partial charge in [-0.2, -0.15) is 5.26 Å². The van der Waals surface area contributed by atoms with Crippen molar-refractivity contribution in [3.63, 3.8) is 0 Å². The van der Waals surface area contributed by atoms with E-state index in [1.54, 1.807) is 18.1 Å². The van der Waals surface area contributed by atoms with Crippen LogP contribution in [0.3, 0.4) is 0 Å². The van der Waals surface area contributed by atoms with Crippen LogP contribution >= 0.6 is 0 Å². The number of pyridine rings is 1. The number of nitrogens with zero attached hydrogens (tertiary/aromatic N) is 5. The van der Waals surface area contributed by atoms with E-state index in [2.05, 4.69) is 4.98 Å². The van der Waals surface area contributed by atoms with Gasteiger partial charge >= 0.3 is 0 Å². The summed E-state index contributed by atoms with van der Waals surface area (Å²) < 4.78 is 0. The fourth-order valence-corrected chi connectivity index (χ4v) is 3.42. The lowest BCUT2D eigenvalue weighted by atomic mass is 10.1. The van der Waals surface area contributed by atoms with Crippen molar-refractivity contribution in [3.05, 3.63) is 65.7 Å². The molecule has 2 aromatic rings. The van der Waals surface area contributed by atoms with E-state index in [-0.39, 0.29) is 30.1 Å². The normalized spacial score (nSPS) is 12.4. The molecule has 0 aliphatic carbocycles. The first-order chi connectivity index (χ1) is 13.9. The van der Waals surface area contributed by atoms with Crippen LogP contribution in [0.15, 0.2) is 60.1 Å². The number of amides is 1. The van der Waals surface area contributed by atoms with Crippen LogP contribution in [0.25, 0.3) is 0 Å². The summed E-state index contributed by atoms with van der Waals surface area (Å²) in [5, 5.41) is 9.66. The van der Waals surface area contributed by atoms with Crippen molar-refractivity contribution in [1.29, 1.82) is 5.26 Å². The highest BCUT2D eigenvalue weighted by molar-refractivity contribution is 6.03. The number of Topliss-reactive ketones (excluding diaryl/α,β-unsaturated/α-hetero) is 1. The topological polar surface area (TPSA) is 80.5 Å². The molecule has 0 unspecified atom stereocenters. The Morgan fingerprint density at radius 1 is 1.03 bits per heavy atom. The van der Waals surface area contributed by atoms with Gasteiger partial charge in [0.15, 0.2) is 5.78 Å². The van der Waals surface area contributed by atoms with Gasteiger partial charge in [-0.15, -0.1) is 0 Å². The van der Waals surface area contributed by atoms with Gasteiger partial charge in [-0.3, -0.25) is 14.6 Å². The molecular formula is C22H23N5O2. The lowest BCUT2D eigenvalue weighted by molar-refractivity contribution is -0.132. The van der Waals surface area contributed by atoms with Crippen molar-refractivity contribution in [3.8, 4) is 6.07 Å². The Labute approximate surface area is 170 Å². The van der Waals surface area contributed by atoms with Crippen LogP contribution < -0.4 is 9.80 Å². The zero-order valence-corrected chi connectivity index (χ0v) is 16.8. The molecule has 7 nitrogen and oxygen atoms in total. The van der Waals surface area contributed by atoms with Crippen molar-refractivity contribution in [2.24, 2.45) is 0 Å². The quantitative estimate of drug-likeness (QED) is 0.558. The van der Waals surface area contributed by atoms with Crippen LogP contribution in [-0.2, 0) is 16.1 Å². The molecule has 0 bridgehead atoms. The Balaban J connectivity index is 1.69. The molecule has 2 heterocycles. The molecule has 1 amide bonds. The van der Waals surface area contributed by atoms with E-state index < -0.39 is 0 Å². The molecule has 0 radical (unpaired) electrons. The molecule has 0 fully saturated rings. The van der Waals surface area contributed by atoms with Gasteiger partial charge in [-0.05, 0) is 24.3 Å². The lowest BCUT2D eigenvalue weighted by Gasteiger charge is -2.20. The molecule has 0 saturated heterocycles. The number of fused-ring (bicyclic) bond motifs is 1. The highest BCUT2D eigenvalue weighted by Crippen LogP contribution is 2.40. The summed E-state index contributed by atoms with van der Waals surface area (Å²) in [6, 6.07) is 15.3. The second-order valence-corrected chi connectivity index (χ2v) is 6.91. The predicted octanol–water partition coefficient (Wildman–Crippen LogP) is 2.71. The molecule has 0 spiro atoms. The van der Waals surface area contributed by atoms with E-state index in [4.69, 9.17) is 0 Å². The van der Waals surface area contributed by atoms with Gasteiger partial charge in [-0.1, -0.05) is 18.2 Å². The Bertz CT molecular complexity index is 963. The van der Waals surface area contributed by atoms with Crippen molar-refractivity contribution in [2.75, 3.05) is 30.9 Å². The number of allylic oxidation sites excluding steroid dienone is 1. The van der Waals surface area contributed by atoms with Crippen LogP contribution in [0, 0.1) is 11.3 Å². The van der Waals surface area contributed by atoms with Gasteiger partial charge in [0.25, 0.3) is 0 Å². The predicted molar refractivity (Wildman–Crippen MR) is 111 cm³/mol. The minimum Gasteiger partial charge on any atom is -0.340 e. The SMILES string of the molecule is CN(Cc1ccccn1)C(=O)CCC(=O)C(C#N)=C1N(C)c2ccccc2N1C. The Morgan fingerprint density at radius 3 is 2.21 bits per heavy atom. The summed E-state index contributed by atoms with van der Waals surface area (Å²) in [4.78, 5) is 34.6. The molecule has 3 rings (SSSR count). The standard InChI is InChI=1S/C22H23N5O2/c1-25(15-16-8-6-7-13-24-16)21(29)12-11-20(28)17(14-23)22-26(2)18-9-4-5-10-19(18)27(22)3/h4-10,13H,11-12,15H2,1-3H3. The number of hydrogen-bond acceptors (Lipinski definition) is 6. The highest BCUT2D eigenvalue weighted by atomic mass is 16.2.